The second-order valence-electron chi connectivity index (χ2n) is 6.70. The van der Waals surface area contributed by atoms with Crippen LogP contribution in [-0.2, 0) is 4.79 Å². The average Bonchev–Trinajstić information content (AvgIpc) is 3.18. The zero-order valence-electron chi connectivity index (χ0n) is 16.7. The first-order valence-electron chi connectivity index (χ1n) is 9.28. The molecule has 0 radical (unpaired) electrons. The summed E-state index contributed by atoms with van der Waals surface area (Å²) in [6.07, 6.45) is 1.72. The molecule has 2 aliphatic heterocycles. The largest absolute Gasteiger partial charge is 0.492 e. The fourth-order valence-corrected chi connectivity index (χ4v) is 4.20. The van der Waals surface area contributed by atoms with E-state index in [1.165, 1.54) is 16.8 Å². The van der Waals surface area contributed by atoms with Crippen molar-refractivity contribution in [3.8, 4) is 11.4 Å². The van der Waals surface area contributed by atoms with E-state index in [2.05, 4.69) is 14.7 Å². The molecule has 2 aliphatic rings. The van der Waals surface area contributed by atoms with E-state index in [0.717, 1.165) is 33.4 Å². The van der Waals surface area contributed by atoms with E-state index in [1.807, 2.05) is 58.0 Å². The van der Waals surface area contributed by atoms with Gasteiger partial charge in [0, 0.05) is 11.4 Å². The Morgan fingerprint density at radius 3 is 2.76 bits per heavy atom. The molecule has 1 aromatic heterocycles. The Kier molecular flexibility index (Phi) is 4.87. The van der Waals surface area contributed by atoms with Crippen molar-refractivity contribution >= 4 is 39.8 Å². The maximum atomic E-state index is 12.6. The highest BCUT2D eigenvalue weighted by atomic mass is 32.2. The maximum Gasteiger partial charge on any atom is 0.283 e. The molecule has 148 valence electrons. The van der Waals surface area contributed by atoms with Crippen LogP contribution in [0.3, 0.4) is 0 Å². The smallest absolute Gasteiger partial charge is 0.283 e. The third kappa shape index (κ3) is 3.29. The summed E-state index contributed by atoms with van der Waals surface area (Å²) in [6.45, 7) is 8.36. The van der Waals surface area contributed by atoms with Crippen LogP contribution in [0, 0.1) is 19.3 Å². The van der Waals surface area contributed by atoms with Crippen molar-refractivity contribution < 1.29 is 9.53 Å². The number of hydrogen-bond donors (Lipinski definition) is 1. The molecule has 0 unspecified atom stereocenters. The van der Waals surface area contributed by atoms with Gasteiger partial charge in [-0.05, 0) is 69.3 Å². The Balaban J connectivity index is 1.78. The highest BCUT2D eigenvalue weighted by Gasteiger charge is 2.34. The Morgan fingerprint density at radius 2 is 2.00 bits per heavy atom. The first-order chi connectivity index (χ1) is 13.9. The molecule has 0 saturated carbocycles. The normalized spacial score (nSPS) is 17.5. The SMILES string of the molecule is CCOc1ccccc1-n1c(C)cc(/C=C2\C(=N)N3N=C(C)SC3=NC2=O)c1C. The molecule has 3 heterocycles. The molecule has 1 N–H and O–H groups in total. The minimum absolute atomic E-state index is 0.0452. The molecule has 29 heavy (non-hydrogen) atoms. The van der Waals surface area contributed by atoms with Crippen molar-refractivity contribution in [2.45, 2.75) is 27.7 Å². The van der Waals surface area contributed by atoms with Crippen molar-refractivity contribution in [2.75, 3.05) is 6.61 Å². The number of nitrogens with one attached hydrogen (secondary N) is 1. The molecule has 0 spiro atoms. The van der Waals surface area contributed by atoms with Crippen LogP contribution in [0.5, 0.6) is 5.75 Å². The van der Waals surface area contributed by atoms with Crippen LogP contribution in [0.15, 0.2) is 46.0 Å². The van der Waals surface area contributed by atoms with Gasteiger partial charge in [-0.2, -0.15) is 15.1 Å². The van der Waals surface area contributed by atoms with Gasteiger partial charge in [0.15, 0.2) is 5.84 Å². The molecular weight excluding hydrogens is 386 g/mol. The summed E-state index contributed by atoms with van der Waals surface area (Å²) < 4.78 is 7.88. The quantitative estimate of drug-likeness (QED) is 0.773. The molecule has 1 aromatic carbocycles. The summed E-state index contributed by atoms with van der Waals surface area (Å²) in [7, 11) is 0. The minimum atomic E-state index is -0.418. The number of fused-ring (bicyclic) bond motifs is 1. The van der Waals surface area contributed by atoms with Gasteiger partial charge >= 0.3 is 0 Å². The standard InChI is InChI=1S/C21H21N5O2S/c1-5-28-18-9-7-6-8-17(18)25-12(2)10-15(13(25)3)11-16-19(22)26-21(23-20(16)27)29-14(4)24-26/h6-11,22H,5H2,1-4H3/b16-11+,22-19?. The topological polar surface area (TPSA) is 83.0 Å². The zero-order chi connectivity index (χ0) is 20.7. The van der Waals surface area contributed by atoms with Gasteiger partial charge in [0.1, 0.15) is 5.75 Å². The predicted molar refractivity (Wildman–Crippen MR) is 117 cm³/mol. The number of amidine groups is 2. The Labute approximate surface area is 173 Å². The highest BCUT2D eigenvalue weighted by Crippen LogP contribution is 2.31. The van der Waals surface area contributed by atoms with Crippen LogP contribution in [0.2, 0.25) is 0 Å². The number of nitrogens with zero attached hydrogens (tertiary/aromatic N) is 4. The number of thioether (sulfide) groups is 1. The first-order valence-corrected chi connectivity index (χ1v) is 10.1. The number of hydrogen-bond acceptors (Lipinski definition) is 5. The predicted octanol–water partition coefficient (Wildman–Crippen LogP) is 4.13. The fourth-order valence-electron chi connectivity index (χ4n) is 3.47. The molecule has 0 bridgehead atoms. The highest BCUT2D eigenvalue weighted by molar-refractivity contribution is 8.26. The monoisotopic (exact) mass is 407 g/mol. The summed E-state index contributed by atoms with van der Waals surface area (Å²) in [4.78, 5) is 16.7. The number of aromatic nitrogens is 1. The number of aliphatic imine (C=N–C) groups is 1. The van der Waals surface area contributed by atoms with E-state index < -0.39 is 5.91 Å². The Morgan fingerprint density at radius 1 is 1.24 bits per heavy atom. The van der Waals surface area contributed by atoms with E-state index in [9.17, 15) is 4.79 Å². The van der Waals surface area contributed by atoms with Gasteiger partial charge in [0.05, 0.1) is 22.9 Å². The lowest BCUT2D eigenvalue weighted by molar-refractivity contribution is -0.114. The number of amides is 1. The summed E-state index contributed by atoms with van der Waals surface area (Å²) in [5.74, 6) is 0.424. The molecule has 2 aromatic rings. The lowest BCUT2D eigenvalue weighted by Gasteiger charge is -2.20. The third-order valence-electron chi connectivity index (χ3n) is 4.73. The Hall–Kier alpha value is -3.13. The number of carbonyl (C=O) groups excluding carboxylic acids is 1. The number of para-hydroxylation sites is 2. The van der Waals surface area contributed by atoms with Crippen molar-refractivity contribution in [1.82, 2.24) is 9.58 Å². The fraction of sp³-hybridized carbons (Fsp3) is 0.238. The van der Waals surface area contributed by atoms with Crippen molar-refractivity contribution in [2.24, 2.45) is 10.1 Å². The minimum Gasteiger partial charge on any atom is -0.492 e. The number of aryl methyl sites for hydroxylation is 1. The van der Waals surface area contributed by atoms with E-state index in [-0.39, 0.29) is 11.4 Å². The number of hydrazone groups is 1. The van der Waals surface area contributed by atoms with Gasteiger partial charge in [-0.3, -0.25) is 10.2 Å². The van der Waals surface area contributed by atoms with E-state index in [0.29, 0.717) is 11.8 Å². The maximum absolute atomic E-state index is 12.6. The van der Waals surface area contributed by atoms with Crippen LogP contribution in [0.25, 0.3) is 11.8 Å². The third-order valence-corrected chi connectivity index (χ3v) is 5.56. The molecule has 0 saturated heterocycles. The second-order valence-corrected chi connectivity index (χ2v) is 7.86. The molecule has 4 rings (SSSR count). The number of benzene rings is 1. The van der Waals surface area contributed by atoms with Gasteiger partial charge in [-0.25, -0.2) is 0 Å². The lowest BCUT2D eigenvalue weighted by atomic mass is 10.1. The van der Waals surface area contributed by atoms with Crippen LogP contribution >= 0.6 is 11.8 Å². The number of rotatable bonds is 4. The summed E-state index contributed by atoms with van der Waals surface area (Å²) in [5.41, 5.74) is 3.98. The van der Waals surface area contributed by atoms with Crippen LogP contribution in [0.1, 0.15) is 30.8 Å². The molecule has 0 aliphatic carbocycles. The van der Waals surface area contributed by atoms with Crippen molar-refractivity contribution in [3.63, 3.8) is 0 Å². The van der Waals surface area contributed by atoms with E-state index in [4.69, 9.17) is 10.1 Å². The van der Waals surface area contributed by atoms with Crippen LogP contribution in [0.4, 0.5) is 0 Å². The number of ether oxygens (including phenoxy) is 1. The molecule has 0 atom stereocenters. The second kappa shape index (κ2) is 7.36. The molecule has 1 amide bonds. The van der Waals surface area contributed by atoms with Crippen LogP contribution < -0.4 is 4.74 Å². The molecule has 7 nitrogen and oxygen atoms in total. The van der Waals surface area contributed by atoms with Gasteiger partial charge in [-0.1, -0.05) is 12.1 Å². The molecule has 0 fully saturated rings. The molecule has 8 heteroatoms. The lowest BCUT2D eigenvalue weighted by Crippen LogP contribution is -2.35. The van der Waals surface area contributed by atoms with Crippen molar-refractivity contribution in [1.29, 1.82) is 5.41 Å². The summed E-state index contributed by atoms with van der Waals surface area (Å²) >= 11 is 1.30. The zero-order valence-corrected chi connectivity index (χ0v) is 17.5. The van der Waals surface area contributed by atoms with Gasteiger partial charge in [0.2, 0.25) is 5.17 Å². The van der Waals surface area contributed by atoms with Gasteiger partial charge in [0.25, 0.3) is 5.91 Å². The first kappa shape index (κ1) is 19.2. The van der Waals surface area contributed by atoms with Crippen molar-refractivity contribution in [3.05, 3.63) is 52.9 Å². The van der Waals surface area contributed by atoms with Gasteiger partial charge < -0.3 is 9.30 Å². The van der Waals surface area contributed by atoms with Gasteiger partial charge in [-0.15, -0.1) is 0 Å². The molecular formula is C21H21N5O2S. The summed E-state index contributed by atoms with van der Waals surface area (Å²) in [6, 6.07) is 9.86. The van der Waals surface area contributed by atoms with Crippen LogP contribution in [-0.4, -0.2) is 38.1 Å². The Bertz CT molecular complexity index is 1130. The van der Waals surface area contributed by atoms with E-state index in [1.54, 1.807) is 6.08 Å². The van der Waals surface area contributed by atoms with E-state index >= 15 is 0 Å². The summed E-state index contributed by atoms with van der Waals surface area (Å²) in [5, 5.41) is 15.3. The average molecular weight is 407 g/mol. The number of carbonyl (C=O) groups is 1.